The summed E-state index contributed by atoms with van der Waals surface area (Å²) in [4.78, 5) is 23.8. The Bertz CT molecular complexity index is 1170. The predicted octanol–water partition coefficient (Wildman–Crippen LogP) is 6.13. The molecule has 0 saturated heterocycles. The number of amides is 2. The number of benzene rings is 2. The van der Waals surface area contributed by atoms with Crippen molar-refractivity contribution in [1.82, 2.24) is 5.32 Å². The first-order valence-corrected chi connectivity index (χ1v) is 10.8. The number of nitrogens with one attached hydrogen (secondary N) is 3. The number of hydrogen-bond donors (Lipinski definition) is 3. The molecule has 1 aromatic heterocycles. The van der Waals surface area contributed by atoms with Crippen molar-refractivity contribution >= 4 is 69.8 Å². The Morgan fingerprint density at radius 3 is 2.50 bits per heavy atom. The van der Waals surface area contributed by atoms with Crippen LogP contribution >= 0.6 is 35.4 Å². The van der Waals surface area contributed by atoms with Crippen molar-refractivity contribution in [2.75, 3.05) is 10.6 Å². The molecule has 0 aliphatic rings. The quantitative estimate of drug-likeness (QED) is 0.287. The molecule has 0 unspecified atom stereocenters. The number of anilines is 2. The minimum Gasteiger partial charge on any atom is -0.457 e. The van der Waals surface area contributed by atoms with Gasteiger partial charge in [-0.2, -0.15) is 0 Å². The lowest BCUT2D eigenvalue weighted by atomic mass is 10.2. The van der Waals surface area contributed by atoms with Gasteiger partial charge in [0.25, 0.3) is 0 Å². The standard InChI is InChI=1S/C23H19Cl2N3O3S/c1-2-21(29)26-16-7-10-18(25)19(13-16)27-23(32)28-22(30)12-9-17-8-11-20(31-17)14-3-5-15(24)6-4-14/h3-13H,2H2,1H3,(H,26,29)(H2,27,28,30,32). The number of carbonyl (C=O) groups is 2. The van der Waals surface area contributed by atoms with Gasteiger partial charge in [0.1, 0.15) is 11.5 Å². The van der Waals surface area contributed by atoms with Gasteiger partial charge < -0.3 is 15.1 Å². The monoisotopic (exact) mass is 487 g/mol. The molecular formula is C23H19Cl2N3O3S. The number of rotatable bonds is 6. The van der Waals surface area contributed by atoms with E-state index >= 15 is 0 Å². The average molecular weight is 488 g/mol. The molecule has 2 aromatic carbocycles. The molecule has 0 aliphatic heterocycles. The Morgan fingerprint density at radius 2 is 1.78 bits per heavy atom. The number of thiocarbonyl (C=S) groups is 1. The van der Waals surface area contributed by atoms with Crippen molar-refractivity contribution in [3.05, 3.63) is 76.5 Å². The molecule has 0 radical (unpaired) electrons. The normalized spacial score (nSPS) is 10.7. The van der Waals surface area contributed by atoms with Gasteiger partial charge in [-0.1, -0.05) is 30.1 Å². The van der Waals surface area contributed by atoms with E-state index in [1.807, 2.05) is 12.1 Å². The maximum Gasteiger partial charge on any atom is 0.250 e. The van der Waals surface area contributed by atoms with E-state index in [4.69, 9.17) is 39.8 Å². The fourth-order valence-electron chi connectivity index (χ4n) is 2.62. The van der Waals surface area contributed by atoms with Crippen molar-refractivity contribution in [3.63, 3.8) is 0 Å². The summed E-state index contributed by atoms with van der Waals surface area (Å²) in [6, 6.07) is 15.7. The second kappa shape index (κ2) is 10.9. The smallest absolute Gasteiger partial charge is 0.250 e. The highest BCUT2D eigenvalue weighted by atomic mass is 35.5. The van der Waals surface area contributed by atoms with Crippen molar-refractivity contribution in [2.24, 2.45) is 0 Å². The molecule has 0 saturated carbocycles. The van der Waals surface area contributed by atoms with Crippen molar-refractivity contribution in [3.8, 4) is 11.3 Å². The predicted molar refractivity (Wildman–Crippen MR) is 133 cm³/mol. The van der Waals surface area contributed by atoms with E-state index in [2.05, 4.69) is 16.0 Å². The van der Waals surface area contributed by atoms with Gasteiger partial charge in [0.15, 0.2) is 5.11 Å². The van der Waals surface area contributed by atoms with Crippen LogP contribution in [0.3, 0.4) is 0 Å². The second-order valence-corrected chi connectivity index (χ2v) is 7.83. The van der Waals surface area contributed by atoms with E-state index < -0.39 is 5.91 Å². The number of hydrogen-bond acceptors (Lipinski definition) is 4. The molecule has 9 heteroatoms. The van der Waals surface area contributed by atoms with Crippen molar-refractivity contribution in [1.29, 1.82) is 0 Å². The van der Waals surface area contributed by atoms with Crippen LogP contribution in [-0.2, 0) is 9.59 Å². The summed E-state index contributed by atoms with van der Waals surface area (Å²) < 4.78 is 5.72. The SMILES string of the molecule is CCC(=O)Nc1ccc(Cl)c(NC(=S)NC(=O)C=Cc2ccc(-c3ccc(Cl)cc3)o2)c1. The van der Waals surface area contributed by atoms with Crippen molar-refractivity contribution < 1.29 is 14.0 Å². The van der Waals surface area contributed by atoms with Gasteiger partial charge in [0.2, 0.25) is 11.8 Å². The van der Waals surface area contributed by atoms with Gasteiger partial charge in [-0.15, -0.1) is 0 Å². The van der Waals surface area contributed by atoms with E-state index in [0.29, 0.717) is 39.4 Å². The molecule has 3 aromatic rings. The first-order chi connectivity index (χ1) is 15.3. The maximum atomic E-state index is 12.2. The summed E-state index contributed by atoms with van der Waals surface area (Å²) in [5, 5.41) is 9.20. The highest BCUT2D eigenvalue weighted by Crippen LogP contribution is 2.26. The molecule has 0 fully saturated rings. The lowest BCUT2D eigenvalue weighted by Crippen LogP contribution is -2.32. The Kier molecular flexibility index (Phi) is 8.05. The summed E-state index contributed by atoms with van der Waals surface area (Å²) in [5.41, 5.74) is 1.89. The summed E-state index contributed by atoms with van der Waals surface area (Å²) in [6.07, 6.45) is 3.19. The van der Waals surface area contributed by atoms with Crippen LogP contribution in [0.4, 0.5) is 11.4 Å². The molecule has 0 bridgehead atoms. The van der Waals surface area contributed by atoms with Gasteiger partial charge in [-0.05, 0) is 72.9 Å². The zero-order chi connectivity index (χ0) is 23.1. The van der Waals surface area contributed by atoms with E-state index in [9.17, 15) is 9.59 Å². The zero-order valence-electron chi connectivity index (χ0n) is 16.9. The van der Waals surface area contributed by atoms with Crippen LogP contribution in [0.25, 0.3) is 17.4 Å². The first kappa shape index (κ1) is 23.5. The molecule has 0 atom stereocenters. The molecule has 3 N–H and O–H groups in total. The molecule has 2 amide bonds. The number of furan rings is 1. The molecule has 6 nitrogen and oxygen atoms in total. The van der Waals surface area contributed by atoms with Crippen LogP contribution < -0.4 is 16.0 Å². The van der Waals surface area contributed by atoms with E-state index in [1.54, 1.807) is 49.4 Å². The average Bonchev–Trinajstić information content (AvgIpc) is 3.24. The zero-order valence-corrected chi connectivity index (χ0v) is 19.3. The van der Waals surface area contributed by atoms with Crippen LogP contribution in [-0.4, -0.2) is 16.9 Å². The van der Waals surface area contributed by atoms with Crippen LogP contribution in [0.1, 0.15) is 19.1 Å². The summed E-state index contributed by atoms with van der Waals surface area (Å²) in [7, 11) is 0. The topological polar surface area (TPSA) is 83.4 Å². The fraction of sp³-hybridized carbons (Fsp3) is 0.0870. The van der Waals surface area contributed by atoms with Gasteiger partial charge >= 0.3 is 0 Å². The van der Waals surface area contributed by atoms with Gasteiger partial charge in [0, 0.05) is 28.8 Å². The Hall–Kier alpha value is -3.13. The molecule has 3 rings (SSSR count). The highest BCUT2D eigenvalue weighted by Gasteiger charge is 2.08. The summed E-state index contributed by atoms with van der Waals surface area (Å²) in [5.74, 6) is 0.588. The van der Waals surface area contributed by atoms with Gasteiger partial charge in [-0.25, -0.2) is 0 Å². The minimum absolute atomic E-state index is 0.0572. The van der Waals surface area contributed by atoms with Crippen LogP contribution in [0.5, 0.6) is 0 Å². The van der Waals surface area contributed by atoms with Crippen LogP contribution in [0, 0.1) is 0 Å². The molecular weight excluding hydrogens is 469 g/mol. The summed E-state index contributed by atoms with van der Waals surface area (Å²) >= 11 is 17.2. The molecule has 164 valence electrons. The first-order valence-electron chi connectivity index (χ1n) is 9.59. The van der Waals surface area contributed by atoms with Crippen LogP contribution in [0.2, 0.25) is 10.0 Å². The highest BCUT2D eigenvalue weighted by molar-refractivity contribution is 7.80. The maximum absolute atomic E-state index is 12.2. The van der Waals surface area contributed by atoms with E-state index in [0.717, 1.165) is 5.56 Å². The van der Waals surface area contributed by atoms with Gasteiger partial charge in [0.05, 0.1) is 10.7 Å². The number of halogens is 2. The largest absolute Gasteiger partial charge is 0.457 e. The molecule has 0 aliphatic carbocycles. The molecule has 0 spiro atoms. The van der Waals surface area contributed by atoms with Gasteiger partial charge in [-0.3, -0.25) is 14.9 Å². The summed E-state index contributed by atoms with van der Waals surface area (Å²) in [6.45, 7) is 1.75. The van der Waals surface area contributed by atoms with Crippen molar-refractivity contribution in [2.45, 2.75) is 13.3 Å². The second-order valence-electron chi connectivity index (χ2n) is 6.58. The number of carbonyl (C=O) groups excluding carboxylic acids is 2. The van der Waals surface area contributed by atoms with E-state index in [1.165, 1.54) is 12.2 Å². The van der Waals surface area contributed by atoms with E-state index in [-0.39, 0.29) is 11.0 Å². The Morgan fingerprint density at radius 1 is 1.03 bits per heavy atom. The minimum atomic E-state index is -0.446. The third-order valence-electron chi connectivity index (χ3n) is 4.21. The molecule has 32 heavy (non-hydrogen) atoms. The fourth-order valence-corrected chi connectivity index (χ4v) is 3.13. The third kappa shape index (κ3) is 6.68. The lowest BCUT2D eigenvalue weighted by molar-refractivity contribution is -0.116. The lowest BCUT2D eigenvalue weighted by Gasteiger charge is -2.12. The van der Waals surface area contributed by atoms with Crippen LogP contribution in [0.15, 0.2) is 65.1 Å². The Balaban J connectivity index is 1.58. The third-order valence-corrected chi connectivity index (χ3v) is 5.00. The molecule has 1 heterocycles. The Labute approximate surface area is 200 Å².